The Morgan fingerprint density at radius 2 is 2.41 bits per heavy atom. The lowest BCUT2D eigenvalue weighted by atomic mass is 9.96. The first kappa shape index (κ1) is 11.7. The van der Waals surface area contributed by atoms with Crippen LogP contribution in [0.4, 0.5) is 0 Å². The third-order valence-electron chi connectivity index (χ3n) is 2.89. The summed E-state index contributed by atoms with van der Waals surface area (Å²) >= 11 is 0. The highest BCUT2D eigenvalue weighted by Crippen LogP contribution is 2.28. The van der Waals surface area contributed by atoms with Crippen molar-refractivity contribution in [1.82, 2.24) is 4.90 Å². The summed E-state index contributed by atoms with van der Waals surface area (Å²) < 4.78 is 5.29. The summed E-state index contributed by atoms with van der Waals surface area (Å²) in [6.45, 7) is 2.95. The number of rotatable bonds is 4. The van der Waals surface area contributed by atoms with Gasteiger partial charge in [-0.25, -0.2) is 0 Å². The Morgan fingerprint density at radius 3 is 3.12 bits per heavy atom. The summed E-state index contributed by atoms with van der Waals surface area (Å²) in [5, 5.41) is 8.46. The van der Waals surface area contributed by atoms with E-state index in [1.807, 2.05) is 19.1 Å². The lowest BCUT2D eigenvalue weighted by Crippen LogP contribution is -2.38. The number of nitrogens with zero attached hydrogens (tertiary/aromatic N) is 2. The van der Waals surface area contributed by atoms with Crippen LogP contribution >= 0.6 is 0 Å². The van der Waals surface area contributed by atoms with Gasteiger partial charge in [-0.3, -0.25) is 0 Å². The molecule has 0 bridgehead atoms. The number of hydrogen-bond donors (Lipinski definition) is 1. The first-order valence-corrected chi connectivity index (χ1v) is 5.80. The quantitative estimate of drug-likeness (QED) is 0.788. The van der Waals surface area contributed by atoms with E-state index in [9.17, 15) is 0 Å². The second-order valence-electron chi connectivity index (χ2n) is 4.46. The molecule has 2 rings (SSSR count). The molecule has 0 aromatic heterocycles. The van der Waals surface area contributed by atoms with Crippen LogP contribution in [0, 0.1) is 17.2 Å². The fourth-order valence-electron chi connectivity index (χ4n) is 2.20. The van der Waals surface area contributed by atoms with E-state index in [4.69, 9.17) is 15.7 Å². The Balaban J connectivity index is 1.99. The van der Waals surface area contributed by atoms with E-state index in [0.717, 1.165) is 12.3 Å². The van der Waals surface area contributed by atoms with Gasteiger partial charge in [-0.05, 0) is 25.3 Å². The molecule has 4 nitrogen and oxygen atoms in total. The molecule has 2 N–H and O–H groups in total. The van der Waals surface area contributed by atoms with Crippen LogP contribution in [0.2, 0.25) is 0 Å². The highest BCUT2D eigenvalue weighted by Gasteiger charge is 2.28. The Kier molecular flexibility index (Phi) is 3.50. The van der Waals surface area contributed by atoms with Crippen LogP contribution < -0.4 is 5.73 Å². The van der Waals surface area contributed by atoms with E-state index in [1.54, 1.807) is 0 Å². The van der Waals surface area contributed by atoms with Crippen molar-refractivity contribution in [3.63, 3.8) is 0 Å². The van der Waals surface area contributed by atoms with Crippen LogP contribution in [0.15, 0.2) is 36.3 Å². The van der Waals surface area contributed by atoms with E-state index in [0.29, 0.717) is 12.0 Å². The zero-order valence-electron chi connectivity index (χ0n) is 9.91. The van der Waals surface area contributed by atoms with Gasteiger partial charge in [0.2, 0.25) is 0 Å². The van der Waals surface area contributed by atoms with Gasteiger partial charge in [0.05, 0.1) is 6.04 Å². The monoisotopic (exact) mass is 231 g/mol. The standard InChI is InChI=1S/C13H17N3O/c1-10(15)9-16-6-4-11-8-12(17-7-5-14)2-3-13(11)16/h2-4,6,8,10-11,13H,7,9,15H2,1H3/t10-,11?,13?/m1/s1. The maximum Gasteiger partial charge on any atom is 0.174 e. The predicted molar refractivity (Wildman–Crippen MR) is 65.6 cm³/mol. The minimum atomic E-state index is 0.0980. The third kappa shape index (κ3) is 2.69. The predicted octanol–water partition coefficient (Wildman–Crippen LogP) is 1.14. The summed E-state index contributed by atoms with van der Waals surface area (Å²) in [4.78, 5) is 2.24. The average molecular weight is 231 g/mol. The summed E-state index contributed by atoms with van der Waals surface area (Å²) in [7, 11) is 0. The molecule has 0 spiro atoms. The number of nitrogens with two attached hydrogens (primary N) is 1. The first-order valence-electron chi connectivity index (χ1n) is 5.80. The van der Waals surface area contributed by atoms with Gasteiger partial charge >= 0.3 is 0 Å². The van der Waals surface area contributed by atoms with Crippen molar-refractivity contribution < 1.29 is 4.74 Å². The molecule has 17 heavy (non-hydrogen) atoms. The number of fused-ring (bicyclic) bond motifs is 1. The van der Waals surface area contributed by atoms with Crippen LogP contribution in [0.5, 0.6) is 0 Å². The SMILES string of the molecule is C[C@@H](N)CN1C=CC2C=C(OCC#N)C=CC21. The van der Waals surface area contributed by atoms with Gasteiger partial charge in [0.15, 0.2) is 6.61 Å². The molecule has 1 aliphatic heterocycles. The first-order chi connectivity index (χ1) is 8.20. The maximum absolute atomic E-state index is 8.46. The largest absolute Gasteiger partial charge is 0.479 e. The van der Waals surface area contributed by atoms with Crippen LogP contribution in [-0.2, 0) is 4.74 Å². The molecule has 1 heterocycles. The molecule has 0 fully saturated rings. The van der Waals surface area contributed by atoms with Crippen LogP contribution in [-0.4, -0.2) is 30.1 Å². The van der Waals surface area contributed by atoms with Gasteiger partial charge in [-0.1, -0.05) is 12.2 Å². The van der Waals surface area contributed by atoms with Crippen LogP contribution in [0.1, 0.15) is 6.92 Å². The highest BCUT2D eigenvalue weighted by atomic mass is 16.5. The molecule has 4 heteroatoms. The minimum absolute atomic E-state index is 0.0980. The normalized spacial score (nSPS) is 27.4. The third-order valence-corrected chi connectivity index (χ3v) is 2.89. The number of allylic oxidation sites excluding steroid dienone is 1. The van der Waals surface area contributed by atoms with Gasteiger partial charge in [0.25, 0.3) is 0 Å². The summed E-state index contributed by atoms with van der Waals surface area (Å²) in [6, 6.07) is 2.47. The number of ether oxygens (including phenoxy) is 1. The molecule has 0 saturated carbocycles. The Labute approximate surface area is 102 Å². The van der Waals surface area contributed by atoms with E-state index >= 15 is 0 Å². The fourth-order valence-corrected chi connectivity index (χ4v) is 2.20. The molecule has 1 aliphatic carbocycles. The minimum Gasteiger partial charge on any atom is -0.479 e. The average Bonchev–Trinajstić information content (AvgIpc) is 2.68. The summed E-state index contributed by atoms with van der Waals surface area (Å²) in [5.74, 6) is 1.10. The Bertz CT molecular complexity index is 403. The maximum atomic E-state index is 8.46. The molecule has 2 aliphatic rings. The van der Waals surface area contributed by atoms with Crippen molar-refractivity contribution in [3.05, 3.63) is 36.3 Å². The van der Waals surface area contributed by atoms with Crippen molar-refractivity contribution in [3.8, 4) is 6.07 Å². The van der Waals surface area contributed by atoms with Gasteiger partial charge < -0.3 is 15.4 Å². The molecule has 2 unspecified atom stereocenters. The zero-order chi connectivity index (χ0) is 12.3. The summed E-state index contributed by atoms with van der Waals surface area (Å²) in [5.41, 5.74) is 5.81. The van der Waals surface area contributed by atoms with Crippen molar-refractivity contribution >= 4 is 0 Å². The lowest BCUT2D eigenvalue weighted by Gasteiger charge is -2.29. The van der Waals surface area contributed by atoms with Gasteiger partial charge in [-0.15, -0.1) is 0 Å². The van der Waals surface area contributed by atoms with E-state index in [-0.39, 0.29) is 12.6 Å². The van der Waals surface area contributed by atoms with Crippen LogP contribution in [0.3, 0.4) is 0 Å². The number of nitriles is 1. The fraction of sp³-hybridized carbons (Fsp3) is 0.462. The molecule has 90 valence electrons. The molecular formula is C13H17N3O. The molecule has 0 aromatic rings. The van der Waals surface area contributed by atoms with Crippen LogP contribution in [0.25, 0.3) is 0 Å². The Morgan fingerprint density at radius 1 is 1.59 bits per heavy atom. The Hall–Kier alpha value is -1.73. The molecule has 0 saturated heterocycles. The van der Waals surface area contributed by atoms with Crippen molar-refractivity contribution in [2.24, 2.45) is 11.7 Å². The van der Waals surface area contributed by atoms with E-state index in [2.05, 4.69) is 29.3 Å². The topological polar surface area (TPSA) is 62.3 Å². The van der Waals surface area contributed by atoms with Gasteiger partial charge in [0.1, 0.15) is 11.8 Å². The molecule has 0 amide bonds. The van der Waals surface area contributed by atoms with Crippen molar-refractivity contribution in [2.45, 2.75) is 19.0 Å². The number of hydrogen-bond acceptors (Lipinski definition) is 4. The second-order valence-corrected chi connectivity index (χ2v) is 4.46. The van der Waals surface area contributed by atoms with Crippen molar-refractivity contribution in [1.29, 1.82) is 5.26 Å². The van der Waals surface area contributed by atoms with Crippen molar-refractivity contribution in [2.75, 3.05) is 13.2 Å². The summed E-state index contributed by atoms with van der Waals surface area (Å²) in [6.07, 6.45) is 10.3. The highest BCUT2D eigenvalue weighted by molar-refractivity contribution is 5.30. The molecule has 0 radical (unpaired) electrons. The molecular weight excluding hydrogens is 214 g/mol. The van der Waals surface area contributed by atoms with E-state index in [1.165, 1.54) is 0 Å². The smallest absolute Gasteiger partial charge is 0.174 e. The molecule has 0 aromatic carbocycles. The molecule has 3 atom stereocenters. The second kappa shape index (κ2) is 5.07. The van der Waals surface area contributed by atoms with Gasteiger partial charge in [0, 0.05) is 18.5 Å². The van der Waals surface area contributed by atoms with Gasteiger partial charge in [-0.2, -0.15) is 5.26 Å². The zero-order valence-corrected chi connectivity index (χ0v) is 9.91. The van der Waals surface area contributed by atoms with E-state index < -0.39 is 0 Å². The lowest BCUT2D eigenvalue weighted by molar-refractivity contribution is 0.250.